The second-order valence-electron chi connectivity index (χ2n) is 5.56. The Bertz CT molecular complexity index is 666. The Morgan fingerprint density at radius 1 is 1.15 bits per heavy atom. The Kier molecular flexibility index (Phi) is 4.19. The van der Waals surface area contributed by atoms with Gasteiger partial charge in [0.1, 0.15) is 5.75 Å². The second kappa shape index (κ2) is 5.57. The molecular formula is C17H24O2S. The van der Waals surface area contributed by atoms with Crippen molar-refractivity contribution in [1.29, 1.82) is 0 Å². The third kappa shape index (κ3) is 2.35. The van der Waals surface area contributed by atoms with Crippen molar-refractivity contribution >= 4 is 20.7 Å². The van der Waals surface area contributed by atoms with Crippen molar-refractivity contribution in [2.75, 3.05) is 11.5 Å². The number of aromatic hydroxyl groups is 1. The SMILES string of the molecule is CC[SH](=O)(CC)c1cc2ccccc2c(C(C)C)c1O. The van der Waals surface area contributed by atoms with Crippen LogP contribution in [0.3, 0.4) is 0 Å². The van der Waals surface area contributed by atoms with E-state index >= 15 is 0 Å². The number of hydrogen-bond acceptors (Lipinski definition) is 2. The smallest absolute Gasteiger partial charge is 0.133 e. The average Bonchev–Trinajstić information content (AvgIpc) is 2.45. The summed E-state index contributed by atoms with van der Waals surface area (Å²) >= 11 is 0. The van der Waals surface area contributed by atoms with Gasteiger partial charge in [-0.3, -0.25) is 4.21 Å². The van der Waals surface area contributed by atoms with Crippen molar-refractivity contribution < 1.29 is 9.32 Å². The lowest BCUT2D eigenvalue weighted by atomic mass is 9.95. The molecule has 0 aliphatic carbocycles. The summed E-state index contributed by atoms with van der Waals surface area (Å²) in [6.07, 6.45) is 0. The molecule has 0 saturated heterocycles. The van der Waals surface area contributed by atoms with E-state index in [1.807, 2.05) is 44.2 Å². The molecule has 0 aliphatic rings. The van der Waals surface area contributed by atoms with E-state index in [9.17, 15) is 9.32 Å². The maximum Gasteiger partial charge on any atom is 0.133 e. The highest BCUT2D eigenvalue weighted by atomic mass is 32.2. The molecule has 0 radical (unpaired) electrons. The second-order valence-corrected chi connectivity index (χ2v) is 9.08. The Hall–Kier alpha value is -1.35. The van der Waals surface area contributed by atoms with Crippen LogP contribution >= 0.6 is 0 Å². The normalized spacial score (nSPS) is 13.1. The van der Waals surface area contributed by atoms with Crippen LogP contribution in [0.5, 0.6) is 5.75 Å². The molecule has 0 heterocycles. The van der Waals surface area contributed by atoms with Crippen molar-refractivity contribution in [3.05, 3.63) is 35.9 Å². The van der Waals surface area contributed by atoms with E-state index in [0.29, 0.717) is 16.4 Å². The van der Waals surface area contributed by atoms with Crippen molar-refractivity contribution in [1.82, 2.24) is 0 Å². The van der Waals surface area contributed by atoms with Crippen LogP contribution in [0.2, 0.25) is 0 Å². The average molecular weight is 292 g/mol. The summed E-state index contributed by atoms with van der Waals surface area (Å²) in [5.74, 6) is 1.62. The molecule has 3 heteroatoms. The number of thiol groups is 1. The lowest BCUT2D eigenvalue weighted by Crippen LogP contribution is -2.18. The van der Waals surface area contributed by atoms with E-state index in [1.54, 1.807) is 0 Å². The Balaban J connectivity index is 2.88. The van der Waals surface area contributed by atoms with E-state index in [2.05, 4.69) is 13.8 Å². The summed E-state index contributed by atoms with van der Waals surface area (Å²) in [7, 11) is -2.49. The molecule has 0 bridgehead atoms. The minimum Gasteiger partial charge on any atom is -0.506 e. The minimum absolute atomic E-state index is 0.196. The maximum atomic E-state index is 13.0. The molecule has 2 nitrogen and oxygen atoms in total. The summed E-state index contributed by atoms with van der Waals surface area (Å²) in [5.41, 5.74) is 0.917. The summed E-state index contributed by atoms with van der Waals surface area (Å²) in [6, 6.07) is 9.93. The van der Waals surface area contributed by atoms with Crippen LogP contribution in [0.15, 0.2) is 35.2 Å². The summed E-state index contributed by atoms with van der Waals surface area (Å²) < 4.78 is 13.0. The zero-order valence-electron chi connectivity index (χ0n) is 12.7. The Labute approximate surface area is 122 Å². The fraction of sp³-hybridized carbons (Fsp3) is 0.412. The first-order valence-corrected chi connectivity index (χ1v) is 9.35. The van der Waals surface area contributed by atoms with Gasteiger partial charge in [0.2, 0.25) is 0 Å². The Morgan fingerprint density at radius 3 is 2.30 bits per heavy atom. The highest BCUT2D eigenvalue weighted by Crippen LogP contribution is 2.40. The first kappa shape index (κ1) is 15.0. The molecule has 0 unspecified atom stereocenters. The van der Waals surface area contributed by atoms with Crippen LogP contribution in [-0.2, 0) is 9.93 Å². The van der Waals surface area contributed by atoms with Crippen molar-refractivity contribution in [2.45, 2.75) is 38.5 Å². The van der Waals surface area contributed by atoms with Crippen LogP contribution in [-0.4, -0.2) is 20.8 Å². The summed E-state index contributed by atoms with van der Waals surface area (Å²) in [4.78, 5) is 0.657. The minimum atomic E-state index is -2.49. The van der Waals surface area contributed by atoms with Gasteiger partial charge in [0.15, 0.2) is 0 Å². The van der Waals surface area contributed by atoms with Gasteiger partial charge < -0.3 is 5.11 Å². The van der Waals surface area contributed by atoms with E-state index < -0.39 is 9.93 Å². The number of hydrogen-bond donors (Lipinski definition) is 2. The fourth-order valence-electron chi connectivity index (χ4n) is 2.81. The number of fused-ring (bicyclic) bond motifs is 1. The van der Waals surface area contributed by atoms with Gasteiger partial charge in [0.25, 0.3) is 0 Å². The highest BCUT2D eigenvalue weighted by molar-refractivity contribution is 8.03. The summed E-state index contributed by atoms with van der Waals surface area (Å²) in [6.45, 7) is 8.00. The standard InChI is InChI=1S/C17H24O2S/c1-5-20(19,6-2)15-11-13-9-7-8-10-14(13)16(12(3)4)17(15)18/h7-12,18,20H,5-6H2,1-4H3. The van der Waals surface area contributed by atoms with Crippen LogP contribution in [0.1, 0.15) is 39.2 Å². The van der Waals surface area contributed by atoms with Gasteiger partial charge in [0.05, 0.1) is 4.90 Å². The van der Waals surface area contributed by atoms with Gasteiger partial charge in [-0.05, 0) is 22.8 Å². The lowest BCUT2D eigenvalue weighted by Gasteiger charge is -2.25. The first-order valence-electron chi connectivity index (χ1n) is 7.27. The predicted molar refractivity (Wildman–Crippen MR) is 88.6 cm³/mol. The van der Waals surface area contributed by atoms with Gasteiger partial charge in [-0.2, -0.15) is 0 Å². The molecule has 110 valence electrons. The predicted octanol–water partition coefficient (Wildman–Crippen LogP) is 4.08. The largest absolute Gasteiger partial charge is 0.506 e. The Morgan fingerprint density at radius 2 is 1.75 bits per heavy atom. The third-order valence-corrected chi connectivity index (χ3v) is 7.34. The lowest BCUT2D eigenvalue weighted by molar-refractivity contribution is 0.451. The zero-order valence-corrected chi connectivity index (χ0v) is 13.6. The quantitative estimate of drug-likeness (QED) is 0.833. The fourth-order valence-corrected chi connectivity index (χ4v) is 4.82. The van der Waals surface area contributed by atoms with E-state index in [4.69, 9.17) is 0 Å². The van der Waals surface area contributed by atoms with Gasteiger partial charge in [0, 0.05) is 17.1 Å². The van der Waals surface area contributed by atoms with Gasteiger partial charge in [-0.25, -0.2) is 0 Å². The van der Waals surface area contributed by atoms with Crippen molar-refractivity contribution in [3.63, 3.8) is 0 Å². The van der Waals surface area contributed by atoms with Gasteiger partial charge in [-0.1, -0.05) is 61.9 Å². The molecule has 0 aliphatic heterocycles. The monoisotopic (exact) mass is 292 g/mol. The van der Waals surface area contributed by atoms with Gasteiger partial charge in [-0.15, -0.1) is 0 Å². The van der Waals surface area contributed by atoms with Crippen molar-refractivity contribution in [2.24, 2.45) is 0 Å². The molecule has 0 aromatic heterocycles. The number of rotatable bonds is 4. The van der Waals surface area contributed by atoms with E-state index in [-0.39, 0.29) is 11.7 Å². The molecule has 2 aromatic rings. The zero-order chi connectivity index (χ0) is 14.9. The highest BCUT2D eigenvalue weighted by Gasteiger charge is 2.23. The molecule has 20 heavy (non-hydrogen) atoms. The maximum absolute atomic E-state index is 13.0. The molecule has 2 aromatic carbocycles. The molecule has 2 rings (SSSR count). The third-order valence-electron chi connectivity index (χ3n) is 4.08. The van der Waals surface area contributed by atoms with Gasteiger partial charge >= 0.3 is 0 Å². The van der Waals surface area contributed by atoms with Crippen molar-refractivity contribution in [3.8, 4) is 5.75 Å². The van der Waals surface area contributed by atoms with E-state index in [1.165, 1.54) is 0 Å². The number of benzene rings is 2. The summed E-state index contributed by atoms with van der Waals surface area (Å²) in [5, 5.41) is 12.8. The molecule has 0 spiro atoms. The van der Waals surface area contributed by atoms with Crippen LogP contribution in [0, 0.1) is 0 Å². The number of phenolic OH excluding ortho intramolecular Hbond substituents is 1. The topological polar surface area (TPSA) is 37.3 Å². The first-order chi connectivity index (χ1) is 9.44. The molecule has 0 amide bonds. The molecule has 0 fully saturated rings. The van der Waals surface area contributed by atoms with E-state index in [0.717, 1.165) is 16.3 Å². The van der Waals surface area contributed by atoms with Crippen LogP contribution in [0.25, 0.3) is 10.8 Å². The molecule has 1 N–H and O–H groups in total. The molecular weight excluding hydrogens is 268 g/mol. The van der Waals surface area contributed by atoms with Crippen LogP contribution in [0.4, 0.5) is 0 Å². The molecule has 0 atom stereocenters. The molecule has 0 saturated carbocycles. The van der Waals surface area contributed by atoms with Crippen LogP contribution < -0.4 is 0 Å². The number of phenols is 1.